The third-order valence-corrected chi connectivity index (χ3v) is 8.99. The first-order valence-electron chi connectivity index (χ1n) is 12.3. The minimum absolute atomic E-state index is 0.0647. The maximum absolute atomic E-state index is 12.2. The monoisotopic (exact) mass is 554 g/mol. The summed E-state index contributed by atoms with van der Waals surface area (Å²) in [5, 5.41) is 13.0. The van der Waals surface area contributed by atoms with Gasteiger partial charge in [0, 0.05) is 30.0 Å². The average molecular weight is 555 g/mol. The van der Waals surface area contributed by atoms with Crippen molar-refractivity contribution in [3.63, 3.8) is 0 Å². The summed E-state index contributed by atoms with van der Waals surface area (Å²) >= 11 is 9.19. The number of unbranched alkanes of at least 4 members (excludes halogenated alkanes) is 4. The number of carbonyl (C=O) groups is 3. The average Bonchev–Trinajstić information content (AvgIpc) is 3.64. The molecule has 4 rings (SSSR count). The molecule has 2 aliphatic heterocycles. The number of nitrogens with one attached hydrogen (secondary N) is 3. The van der Waals surface area contributed by atoms with Gasteiger partial charge in [-0.1, -0.05) is 29.6 Å². The number of amides is 3. The fourth-order valence-electron chi connectivity index (χ4n) is 4.33. The molecule has 36 heavy (non-hydrogen) atoms. The second kappa shape index (κ2) is 13.3. The van der Waals surface area contributed by atoms with Crippen LogP contribution in [0.15, 0.2) is 22.7 Å². The van der Waals surface area contributed by atoms with E-state index in [2.05, 4.69) is 21.1 Å². The van der Waals surface area contributed by atoms with E-state index in [9.17, 15) is 14.4 Å². The first-order chi connectivity index (χ1) is 17.5. The highest BCUT2D eigenvalue weighted by Crippen LogP contribution is 2.33. The van der Waals surface area contributed by atoms with E-state index in [0.29, 0.717) is 34.9 Å². The molecule has 4 heterocycles. The van der Waals surface area contributed by atoms with Gasteiger partial charge in [0.15, 0.2) is 11.5 Å². The molecular formula is C24H31ClN4O5S2. The molecule has 0 aliphatic carbocycles. The van der Waals surface area contributed by atoms with E-state index < -0.39 is 0 Å². The molecule has 2 aliphatic rings. The first kappa shape index (κ1) is 26.8. The molecule has 0 bridgehead atoms. The van der Waals surface area contributed by atoms with Gasteiger partial charge in [-0.15, -0.1) is 11.3 Å². The fraction of sp³-hybridized carbons (Fsp3) is 0.583. The SMILES string of the molecule is O=C1N[C@H]2[C@H](CS[C@H]2CCCCC(=O)OCCCCCCNC(=O)c2cc(-c3ccc(Cl)s3)on2)N1. The van der Waals surface area contributed by atoms with Crippen molar-refractivity contribution in [2.75, 3.05) is 18.9 Å². The fourth-order valence-corrected chi connectivity index (χ4v) is 6.87. The number of ether oxygens (including phenoxy) is 1. The van der Waals surface area contributed by atoms with Gasteiger partial charge in [0.1, 0.15) is 0 Å². The molecule has 0 saturated carbocycles. The quantitative estimate of drug-likeness (QED) is 0.177. The Balaban J connectivity index is 0.971. The molecule has 0 radical (unpaired) electrons. The number of fused-ring (bicyclic) bond motifs is 1. The number of aromatic nitrogens is 1. The van der Waals surface area contributed by atoms with Crippen LogP contribution < -0.4 is 16.0 Å². The highest BCUT2D eigenvalue weighted by atomic mass is 35.5. The van der Waals surface area contributed by atoms with Crippen molar-refractivity contribution in [1.82, 2.24) is 21.1 Å². The maximum Gasteiger partial charge on any atom is 0.315 e. The third kappa shape index (κ3) is 7.63. The van der Waals surface area contributed by atoms with Crippen molar-refractivity contribution in [1.29, 1.82) is 0 Å². The second-order valence-corrected chi connectivity index (χ2v) is 11.9. The van der Waals surface area contributed by atoms with Crippen molar-refractivity contribution in [2.45, 2.75) is 68.7 Å². The lowest BCUT2D eigenvalue weighted by molar-refractivity contribution is -0.143. The van der Waals surface area contributed by atoms with Crippen LogP contribution in [0, 0.1) is 0 Å². The molecule has 0 aromatic carbocycles. The highest BCUT2D eigenvalue weighted by molar-refractivity contribution is 8.00. The van der Waals surface area contributed by atoms with Crippen molar-refractivity contribution in [3.05, 3.63) is 28.2 Å². The molecule has 2 aromatic heterocycles. The van der Waals surface area contributed by atoms with Gasteiger partial charge in [0.05, 0.1) is 27.9 Å². The molecule has 3 atom stereocenters. The summed E-state index contributed by atoms with van der Waals surface area (Å²) in [6.45, 7) is 0.978. The molecule has 3 amide bonds. The number of rotatable bonds is 14. The van der Waals surface area contributed by atoms with Crippen LogP contribution in [0.2, 0.25) is 4.34 Å². The van der Waals surface area contributed by atoms with Crippen LogP contribution in [0.4, 0.5) is 4.79 Å². The van der Waals surface area contributed by atoms with Gasteiger partial charge in [0.25, 0.3) is 5.91 Å². The number of hydrogen-bond donors (Lipinski definition) is 3. The van der Waals surface area contributed by atoms with E-state index >= 15 is 0 Å². The summed E-state index contributed by atoms with van der Waals surface area (Å²) in [7, 11) is 0. The van der Waals surface area contributed by atoms with Gasteiger partial charge in [-0.2, -0.15) is 11.8 Å². The van der Waals surface area contributed by atoms with E-state index in [1.807, 2.05) is 17.8 Å². The maximum atomic E-state index is 12.2. The Labute approximate surface area is 223 Å². The summed E-state index contributed by atoms with van der Waals surface area (Å²) in [6, 6.07) is 5.61. The van der Waals surface area contributed by atoms with E-state index in [4.69, 9.17) is 20.9 Å². The summed E-state index contributed by atoms with van der Waals surface area (Å²) in [4.78, 5) is 36.4. The Morgan fingerprint density at radius 1 is 1.17 bits per heavy atom. The van der Waals surface area contributed by atoms with E-state index in [-0.39, 0.29) is 35.7 Å². The zero-order valence-corrected chi connectivity index (χ0v) is 22.3. The van der Waals surface area contributed by atoms with E-state index in [0.717, 1.165) is 55.6 Å². The lowest BCUT2D eigenvalue weighted by atomic mass is 10.0. The first-order valence-corrected chi connectivity index (χ1v) is 14.6. The molecule has 0 spiro atoms. The molecule has 3 N–H and O–H groups in total. The number of carbonyl (C=O) groups excluding carboxylic acids is 3. The van der Waals surface area contributed by atoms with Gasteiger partial charge < -0.3 is 25.2 Å². The molecule has 2 saturated heterocycles. The Morgan fingerprint density at radius 3 is 2.86 bits per heavy atom. The topological polar surface area (TPSA) is 123 Å². The van der Waals surface area contributed by atoms with Gasteiger partial charge >= 0.3 is 12.0 Å². The minimum atomic E-state index is -0.266. The van der Waals surface area contributed by atoms with Crippen molar-refractivity contribution in [2.24, 2.45) is 0 Å². The van der Waals surface area contributed by atoms with Crippen molar-refractivity contribution >= 4 is 52.6 Å². The molecule has 12 heteroatoms. The number of thioether (sulfide) groups is 1. The molecular weight excluding hydrogens is 524 g/mol. The van der Waals surface area contributed by atoms with Crippen molar-refractivity contribution in [3.8, 4) is 10.6 Å². The van der Waals surface area contributed by atoms with Gasteiger partial charge in [-0.05, 0) is 44.2 Å². The van der Waals surface area contributed by atoms with Gasteiger partial charge in [0.2, 0.25) is 0 Å². The summed E-state index contributed by atoms with van der Waals surface area (Å²) in [6.07, 6.45) is 6.70. The van der Waals surface area contributed by atoms with Gasteiger partial charge in [-0.25, -0.2) is 4.79 Å². The number of esters is 1. The molecule has 2 aromatic rings. The number of thiophene rings is 1. The summed E-state index contributed by atoms with van der Waals surface area (Å²) in [5.74, 6) is 1.07. The lowest BCUT2D eigenvalue weighted by Crippen LogP contribution is -2.36. The number of nitrogens with zero attached hydrogens (tertiary/aromatic N) is 1. The van der Waals surface area contributed by atoms with Crippen LogP contribution >= 0.6 is 34.7 Å². The smallest absolute Gasteiger partial charge is 0.315 e. The molecule has 196 valence electrons. The van der Waals surface area contributed by atoms with Crippen LogP contribution in [0.1, 0.15) is 61.9 Å². The zero-order chi connectivity index (χ0) is 25.3. The van der Waals surface area contributed by atoms with E-state index in [1.165, 1.54) is 11.3 Å². The Hall–Kier alpha value is -2.24. The predicted octanol–water partition coefficient (Wildman–Crippen LogP) is 4.62. The molecule has 0 unspecified atom stereocenters. The number of hydrogen-bond acceptors (Lipinski definition) is 8. The lowest BCUT2D eigenvalue weighted by Gasteiger charge is -2.16. The van der Waals surface area contributed by atoms with Crippen LogP contribution in [0.5, 0.6) is 0 Å². The molecule has 9 nitrogen and oxygen atoms in total. The Morgan fingerprint density at radius 2 is 2.03 bits per heavy atom. The Kier molecular flexibility index (Phi) is 9.94. The van der Waals surface area contributed by atoms with Crippen LogP contribution in [0.25, 0.3) is 10.6 Å². The van der Waals surface area contributed by atoms with E-state index in [1.54, 1.807) is 12.1 Å². The highest BCUT2D eigenvalue weighted by Gasteiger charge is 2.42. The summed E-state index contributed by atoms with van der Waals surface area (Å²) in [5.41, 5.74) is 0.245. The largest absolute Gasteiger partial charge is 0.466 e. The third-order valence-electron chi connectivity index (χ3n) is 6.24. The molecule has 2 fully saturated rings. The normalized spacial score (nSPS) is 20.6. The summed E-state index contributed by atoms with van der Waals surface area (Å²) < 4.78 is 11.2. The second-order valence-electron chi connectivity index (χ2n) is 8.94. The minimum Gasteiger partial charge on any atom is -0.466 e. The standard InChI is InChI=1S/C24H31ClN4O5S2/c25-20-10-9-18(36-20)17-13-15(29-34-17)23(31)26-11-5-1-2-6-12-33-21(30)8-4-3-7-19-22-16(14-35-19)27-24(32)28-22/h9-10,13,16,19,22H,1-8,11-12,14H2,(H,26,31)(H2,27,28,32)/t16-,19-,22-/m0/s1. The predicted molar refractivity (Wildman–Crippen MR) is 141 cm³/mol. The van der Waals surface area contributed by atoms with Crippen LogP contribution in [0.3, 0.4) is 0 Å². The zero-order valence-electron chi connectivity index (χ0n) is 19.9. The number of halogens is 1. The number of urea groups is 1. The van der Waals surface area contributed by atoms with Gasteiger partial charge in [-0.3, -0.25) is 9.59 Å². The van der Waals surface area contributed by atoms with Crippen LogP contribution in [-0.4, -0.2) is 59.3 Å². The Bertz CT molecular complexity index is 1050. The van der Waals surface area contributed by atoms with Crippen LogP contribution in [-0.2, 0) is 9.53 Å². The van der Waals surface area contributed by atoms with Crippen molar-refractivity contribution < 1.29 is 23.6 Å².